The smallest absolute Gasteiger partial charge is 0.145 e. The Morgan fingerprint density at radius 2 is 2.15 bits per heavy atom. The number of nitrogens with zero attached hydrogens (tertiary/aromatic N) is 1. The molecule has 1 aromatic heterocycles. The molecule has 1 aromatic carbocycles. The first-order chi connectivity index (χ1) is 9.81. The van der Waals surface area contributed by atoms with Gasteiger partial charge in [-0.15, -0.1) is 0 Å². The Bertz CT molecular complexity index is 535. The number of aromatic nitrogens is 1. The number of hydrogen-bond acceptors (Lipinski definition) is 4. The van der Waals surface area contributed by atoms with E-state index in [-0.39, 0.29) is 5.82 Å². The van der Waals surface area contributed by atoms with Crippen LogP contribution in [0, 0.1) is 5.82 Å². The highest BCUT2D eigenvalue weighted by molar-refractivity contribution is 5.38. The molecule has 0 saturated heterocycles. The molecule has 2 aromatic rings. The molecule has 0 aliphatic heterocycles. The molecule has 0 saturated carbocycles. The molecule has 0 aliphatic carbocycles. The second-order valence-electron chi connectivity index (χ2n) is 4.18. The van der Waals surface area contributed by atoms with Crippen LogP contribution < -0.4 is 10.1 Å². The van der Waals surface area contributed by atoms with Crippen LogP contribution in [0.3, 0.4) is 0 Å². The fourth-order valence-corrected chi connectivity index (χ4v) is 1.73. The van der Waals surface area contributed by atoms with E-state index in [0.717, 1.165) is 0 Å². The van der Waals surface area contributed by atoms with Crippen LogP contribution in [0.5, 0.6) is 11.5 Å². The van der Waals surface area contributed by atoms with Gasteiger partial charge in [0.05, 0.1) is 12.8 Å². The molecule has 0 spiro atoms. The number of halogens is 1. The lowest BCUT2D eigenvalue weighted by Gasteiger charge is -2.12. The Morgan fingerprint density at radius 3 is 2.90 bits per heavy atom. The van der Waals surface area contributed by atoms with E-state index in [1.807, 2.05) is 0 Å². The van der Waals surface area contributed by atoms with Crippen LogP contribution in [0.25, 0.3) is 0 Å². The number of benzene rings is 1. The number of ether oxygens (including phenoxy) is 2. The van der Waals surface area contributed by atoms with E-state index in [1.54, 1.807) is 43.8 Å². The Labute approximate surface area is 117 Å². The summed E-state index contributed by atoms with van der Waals surface area (Å²) in [6, 6.07) is 8.33. The van der Waals surface area contributed by atoms with Crippen molar-refractivity contribution in [3.05, 3.63) is 54.1 Å². The highest BCUT2D eigenvalue weighted by Gasteiger charge is 2.10. The van der Waals surface area contributed by atoms with Crippen molar-refractivity contribution in [2.75, 3.05) is 20.3 Å². The predicted octanol–water partition coefficient (Wildman–Crippen LogP) is 2.75. The Kier molecular flexibility index (Phi) is 5.46. The minimum atomic E-state index is -0.295. The number of hydrogen-bond donors (Lipinski definition) is 1. The van der Waals surface area contributed by atoms with Gasteiger partial charge in [-0.3, -0.25) is 4.98 Å². The van der Waals surface area contributed by atoms with Crippen LogP contribution in [-0.4, -0.2) is 25.2 Å². The van der Waals surface area contributed by atoms with E-state index in [2.05, 4.69) is 10.3 Å². The normalized spacial score (nSPS) is 10.5. The predicted molar refractivity (Wildman–Crippen MR) is 74.3 cm³/mol. The maximum atomic E-state index is 13.9. The molecular weight excluding hydrogens is 259 g/mol. The van der Waals surface area contributed by atoms with Gasteiger partial charge in [-0.05, 0) is 24.3 Å². The van der Waals surface area contributed by atoms with E-state index >= 15 is 0 Å². The molecule has 0 aliphatic rings. The average molecular weight is 276 g/mol. The lowest BCUT2D eigenvalue weighted by molar-refractivity contribution is 0.199. The lowest BCUT2D eigenvalue weighted by atomic mass is 10.2. The van der Waals surface area contributed by atoms with Gasteiger partial charge in [0.15, 0.2) is 0 Å². The summed E-state index contributed by atoms with van der Waals surface area (Å²) in [6.07, 6.45) is 3.25. The third kappa shape index (κ3) is 4.01. The first-order valence-electron chi connectivity index (χ1n) is 6.36. The van der Waals surface area contributed by atoms with Gasteiger partial charge in [0.2, 0.25) is 0 Å². The zero-order valence-corrected chi connectivity index (χ0v) is 11.3. The molecule has 1 heterocycles. The van der Waals surface area contributed by atoms with Crippen molar-refractivity contribution in [1.29, 1.82) is 0 Å². The second kappa shape index (κ2) is 7.57. The zero-order valence-electron chi connectivity index (χ0n) is 11.3. The summed E-state index contributed by atoms with van der Waals surface area (Å²) in [5, 5.41) is 3.11. The first kappa shape index (κ1) is 14.4. The summed E-state index contributed by atoms with van der Waals surface area (Å²) in [5.74, 6) is 0.774. The van der Waals surface area contributed by atoms with Crippen molar-refractivity contribution in [3.8, 4) is 11.5 Å². The first-order valence-corrected chi connectivity index (χ1v) is 6.36. The van der Waals surface area contributed by atoms with Crippen molar-refractivity contribution in [3.63, 3.8) is 0 Å². The molecule has 1 N–H and O–H groups in total. The van der Waals surface area contributed by atoms with Crippen LogP contribution in [-0.2, 0) is 11.3 Å². The van der Waals surface area contributed by atoms with E-state index in [0.29, 0.717) is 36.8 Å². The molecule has 0 amide bonds. The average Bonchev–Trinajstić information content (AvgIpc) is 2.47. The number of nitrogens with one attached hydrogen (secondary N) is 1. The van der Waals surface area contributed by atoms with Crippen LogP contribution in [0.15, 0.2) is 42.7 Å². The van der Waals surface area contributed by atoms with E-state index in [9.17, 15) is 4.39 Å². The molecule has 0 unspecified atom stereocenters. The molecule has 0 fully saturated rings. The van der Waals surface area contributed by atoms with E-state index < -0.39 is 0 Å². The fraction of sp³-hybridized carbons (Fsp3) is 0.267. The highest BCUT2D eigenvalue weighted by Crippen LogP contribution is 2.26. The molecule has 5 heteroatoms. The second-order valence-corrected chi connectivity index (χ2v) is 4.18. The number of rotatable bonds is 7. The molecule has 0 atom stereocenters. The van der Waals surface area contributed by atoms with Crippen LogP contribution in [0.4, 0.5) is 4.39 Å². The minimum Gasteiger partial charge on any atom is -0.455 e. The molecular formula is C15H17FN2O2. The largest absolute Gasteiger partial charge is 0.455 e. The van der Waals surface area contributed by atoms with Crippen molar-refractivity contribution in [2.24, 2.45) is 0 Å². The lowest BCUT2D eigenvalue weighted by Crippen LogP contribution is -2.19. The van der Waals surface area contributed by atoms with Gasteiger partial charge in [-0.1, -0.05) is 6.07 Å². The van der Waals surface area contributed by atoms with Crippen molar-refractivity contribution in [2.45, 2.75) is 6.54 Å². The maximum Gasteiger partial charge on any atom is 0.145 e. The molecule has 0 radical (unpaired) electrons. The monoisotopic (exact) mass is 276 g/mol. The van der Waals surface area contributed by atoms with E-state index in [4.69, 9.17) is 9.47 Å². The highest BCUT2D eigenvalue weighted by atomic mass is 19.1. The fourth-order valence-electron chi connectivity index (χ4n) is 1.73. The van der Waals surface area contributed by atoms with Crippen LogP contribution in [0.1, 0.15) is 5.56 Å². The van der Waals surface area contributed by atoms with Gasteiger partial charge < -0.3 is 14.8 Å². The van der Waals surface area contributed by atoms with E-state index in [1.165, 1.54) is 6.07 Å². The number of methoxy groups -OCH3 is 1. The van der Waals surface area contributed by atoms with Gasteiger partial charge in [-0.25, -0.2) is 4.39 Å². The molecule has 106 valence electrons. The summed E-state index contributed by atoms with van der Waals surface area (Å²) in [5.41, 5.74) is 0.493. The standard InChI is InChI=1S/C15H17FN2O2/c1-19-9-8-18-11-13-14(16)5-2-6-15(13)20-12-4-3-7-17-10-12/h2-7,10,18H,8-9,11H2,1H3. The van der Waals surface area contributed by atoms with Crippen LogP contribution >= 0.6 is 0 Å². The topological polar surface area (TPSA) is 43.4 Å². The third-order valence-electron chi connectivity index (χ3n) is 2.72. The number of pyridine rings is 1. The molecule has 0 bridgehead atoms. The van der Waals surface area contributed by atoms with Crippen molar-refractivity contribution < 1.29 is 13.9 Å². The SMILES string of the molecule is COCCNCc1c(F)cccc1Oc1cccnc1. The molecule has 20 heavy (non-hydrogen) atoms. The van der Waals surface area contributed by atoms with Crippen molar-refractivity contribution >= 4 is 0 Å². The third-order valence-corrected chi connectivity index (χ3v) is 2.72. The maximum absolute atomic E-state index is 13.9. The molecule has 4 nitrogen and oxygen atoms in total. The van der Waals surface area contributed by atoms with Crippen LogP contribution in [0.2, 0.25) is 0 Å². The van der Waals surface area contributed by atoms with Gasteiger partial charge in [0.1, 0.15) is 17.3 Å². The summed E-state index contributed by atoms with van der Waals surface area (Å²) in [6.45, 7) is 1.61. The van der Waals surface area contributed by atoms with Gasteiger partial charge in [0, 0.05) is 32.0 Å². The summed E-state index contributed by atoms with van der Waals surface area (Å²) in [4.78, 5) is 3.97. The van der Waals surface area contributed by atoms with Gasteiger partial charge in [0.25, 0.3) is 0 Å². The minimum absolute atomic E-state index is 0.295. The van der Waals surface area contributed by atoms with Gasteiger partial charge >= 0.3 is 0 Å². The summed E-state index contributed by atoms with van der Waals surface area (Å²) >= 11 is 0. The molecule has 2 rings (SSSR count). The van der Waals surface area contributed by atoms with Crippen molar-refractivity contribution in [1.82, 2.24) is 10.3 Å². The zero-order chi connectivity index (χ0) is 14.2. The quantitative estimate of drug-likeness (QED) is 0.790. The Balaban J connectivity index is 2.09. The summed E-state index contributed by atoms with van der Waals surface area (Å²) in [7, 11) is 1.63. The Hall–Kier alpha value is -1.98. The Morgan fingerprint density at radius 1 is 1.25 bits per heavy atom. The van der Waals surface area contributed by atoms with Gasteiger partial charge in [-0.2, -0.15) is 0 Å². The summed E-state index contributed by atoms with van der Waals surface area (Å²) < 4.78 is 24.5.